The van der Waals surface area contributed by atoms with Crippen molar-refractivity contribution in [3.63, 3.8) is 0 Å². The Kier molecular flexibility index (Phi) is 5.88. The van der Waals surface area contributed by atoms with Crippen LogP contribution in [0, 0.1) is 30.8 Å². The minimum Gasteiger partial charge on any atom is -0.744 e. The van der Waals surface area contributed by atoms with Gasteiger partial charge in [-0.3, -0.25) is 0 Å². The average Bonchev–Trinajstić information content (AvgIpc) is 2.69. The van der Waals surface area contributed by atoms with Crippen molar-refractivity contribution in [1.29, 1.82) is 0 Å². The van der Waals surface area contributed by atoms with Crippen LogP contribution in [0.2, 0.25) is 0 Å². The monoisotopic (exact) mass is 663 g/mol. The van der Waals surface area contributed by atoms with Crippen LogP contribution < -0.4 is 4.74 Å². The summed E-state index contributed by atoms with van der Waals surface area (Å²) in [5.74, 6) is 2.18. The Hall–Kier alpha value is -0.720. The molecule has 5 nitrogen and oxygen atoms in total. The molecule has 31 heavy (non-hydrogen) atoms. The van der Waals surface area contributed by atoms with Crippen molar-refractivity contribution in [3.8, 4) is 5.75 Å². The molecule has 0 atom stereocenters. The van der Waals surface area contributed by atoms with Crippen LogP contribution in [0.4, 0.5) is 0 Å². The fourth-order valence-corrected chi connectivity index (χ4v) is 7.94. The van der Waals surface area contributed by atoms with E-state index < -0.39 is 16.1 Å². The van der Waals surface area contributed by atoms with E-state index in [1.165, 1.54) is 18.6 Å². The smallest absolute Gasteiger partial charge is 0.343 e. The van der Waals surface area contributed by atoms with Crippen molar-refractivity contribution in [3.05, 3.63) is 54.7 Å². The van der Waals surface area contributed by atoms with Gasteiger partial charge in [-0.15, -0.1) is 0 Å². The first kappa shape index (κ1) is 22.1. The van der Waals surface area contributed by atoms with Crippen molar-refractivity contribution in [2.45, 2.75) is 42.9 Å². The first-order chi connectivity index (χ1) is 14.7. The zero-order chi connectivity index (χ0) is 21.9. The molecule has 0 aromatic heterocycles. The maximum absolute atomic E-state index is 12.9. The first-order valence-electron chi connectivity index (χ1n) is 10.5. The van der Waals surface area contributed by atoms with Crippen LogP contribution in [0.25, 0.3) is 0 Å². The molecule has 0 amide bonds. The van der Waals surface area contributed by atoms with Crippen LogP contribution in [-0.4, -0.2) is 18.9 Å². The molecule has 2 aromatic carbocycles. The SMILES string of the molecule is O=C(Oc1cc(I)ccc1I)c1ccc(S(=O)(=O)[O-])c(C2C3CC4CC(C3)CC2C4)c1. The number of ether oxygens (including phenoxy) is 1. The van der Waals surface area contributed by atoms with Gasteiger partial charge in [-0.1, -0.05) is 0 Å². The third-order valence-corrected chi connectivity index (χ3v) is 9.67. The summed E-state index contributed by atoms with van der Waals surface area (Å²) in [6, 6.07) is 9.90. The lowest BCUT2D eigenvalue weighted by atomic mass is 9.50. The first-order valence-corrected chi connectivity index (χ1v) is 14.0. The Morgan fingerprint density at radius 2 is 1.58 bits per heavy atom. The molecular formula is C23H21I2O5S-. The summed E-state index contributed by atoms with van der Waals surface area (Å²) in [7, 11) is -4.63. The summed E-state index contributed by atoms with van der Waals surface area (Å²) in [4.78, 5) is 12.7. The molecule has 4 aliphatic carbocycles. The molecule has 0 aliphatic heterocycles. The average molecular weight is 663 g/mol. The van der Waals surface area contributed by atoms with E-state index in [0.29, 0.717) is 23.1 Å². The molecule has 0 saturated heterocycles. The van der Waals surface area contributed by atoms with E-state index in [0.717, 1.165) is 44.7 Å². The molecule has 0 heterocycles. The van der Waals surface area contributed by atoms with Crippen molar-refractivity contribution in [2.75, 3.05) is 0 Å². The Morgan fingerprint density at radius 3 is 2.19 bits per heavy atom. The molecular weight excluding hydrogens is 642 g/mol. The number of benzene rings is 2. The number of esters is 1. The second-order valence-corrected chi connectivity index (χ2v) is 12.9. The van der Waals surface area contributed by atoms with Crippen LogP contribution in [0.3, 0.4) is 0 Å². The van der Waals surface area contributed by atoms with Crippen molar-refractivity contribution < 1.29 is 22.5 Å². The van der Waals surface area contributed by atoms with Gasteiger partial charge in [0.2, 0.25) is 0 Å². The molecule has 164 valence electrons. The molecule has 8 heteroatoms. The van der Waals surface area contributed by atoms with E-state index in [2.05, 4.69) is 45.2 Å². The highest BCUT2D eigenvalue weighted by Crippen LogP contribution is 2.60. The molecule has 0 radical (unpaired) electrons. The van der Waals surface area contributed by atoms with Crippen LogP contribution in [0.5, 0.6) is 5.75 Å². The maximum atomic E-state index is 12.9. The summed E-state index contributed by atoms with van der Waals surface area (Å²) in [5.41, 5.74) is 0.807. The number of hydrogen-bond acceptors (Lipinski definition) is 5. The highest BCUT2D eigenvalue weighted by molar-refractivity contribution is 14.1. The number of halogens is 2. The van der Waals surface area contributed by atoms with Gasteiger partial charge in [-0.2, -0.15) is 0 Å². The van der Waals surface area contributed by atoms with Gasteiger partial charge < -0.3 is 9.29 Å². The van der Waals surface area contributed by atoms with Crippen LogP contribution in [-0.2, 0) is 10.1 Å². The Bertz CT molecular complexity index is 1130. The molecule has 4 aliphatic rings. The lowest BCUT2D eigenvalue weighted by molar-refractivity contribution is -0.00373. The van der Waals surface area contributed by atoms with Crippen molar-refractivity contribution in [2.24, 2.45) is 23.7 Å². The summed E-state index contributed by atoms with van der Waals surface area (Å²) < 4.78 is 43.6. The minimum absolute atomic E-state index is 0.0251. The third kappa shape index (κ3) is 4.29. The van der Waals surface area contributed by atoms with E-state index in [9.17, 15) is 17.8 Å². The Labute approximate surface area is 209 Å². The molecule has 4 fully saturated rings. The highest BCUT2D eigenvalue weighted by Gasteiger charge is 2.49. The molecule has 4 bridgehead atoms. The van der Waals surface area contributed by atoms with Gasteiger partial charge in [0.15, 0.2) is 0 Å². The lowest BCUT2D eigenvalue weighted by Crippen LogP contribution is -2.44. The van der Waals surface area contributed by atoms with Crippen LogP contribution in [0.1, 0.15) is 53.9 Å². The minimum atomic E-state index is -4.63. The van der Waals surface area contributed by atoms with Gasteiger partial charge in [0.1, 0.15) is 15.9 Å². The predicted octanol–water partition coefficient (Wildman–Crippen LogP) is 5.56. The van der Waals surface area contributed by atoms with Crippen molar-refractivity contribution >= 4 is 61.3 Å². The van der Waals surface area contributed by atoms with Gasteiger partial charge in [0.05, 0.1) is 14.0 Å². The predicted molar refractivity (Wildman–Crippen MR) is 131 cm³/mol. The van der Waals surface area contributed by atoms with E-state index in [1.54, 1.807) is 12.1 Å². The van der Waals surface area contributed by atoms with Gasteiger partial charge in [0.25, 0.3) is 0 Å². The van der Waals surface area contributed by atoms with E-state index in [-0.39, 0.29) is 16.4 Å². The third-order valence-electron chi connectivity index (χ3n) is 7.20. The normalized spacial score (nSPS) is 29.2. The molecule has 0 spiro atoms. The molecule has 4 saturated carbocycles. The number of carbonyl (C=O) groups is 1. The van der Waals surface area contributed by atoms with Gasteiger partial charge in [-0.25, -0.2) is 13.2 Å². The van der Waals surface area contributed by atoms with E-state index in [4.69, 9.17) is 4.74 Å². The summed E-state index contributed by atoms with van der Waals surface area (Å²) in [6.07, 6.45) is 5.64. The zero-order valence-corrected chi connectivity index (χ0v) is 21.7. The topological polar surface area (TPSA) is 83.5 Å². The zero-order valence-electron chi connectivity index (χ0n) is 16.6. The van der Waals surface area contributed by atoms with E-state index >= 15 is 0 Å². The molecule has 6 rings (SSSR count). The van der Waals surface area contributed by atoms with Crippen LogP contribution in [0.15, 0.2) is 41.3 Å². The van der Waals surface area contributed by atoms with Gasteiger partial charge >= 0.3 is 5.97 Å². The summed E-state index contributed by atoms with van der Waals surface area (Å²) >= 11 is 4.27. The molecule has 0 unspecified atom stereocenters. The molecule has 0 N–H and O–H groups in total. The summed E-state index contributed by atoms with van der Waals surface area (Å²) in [6.45, 7) is 0. The molecule has 2 aromatic rings. The fourth-order valence-electron chi connectivity index (χ4n) is 6.31. The number of rotatable bonds is 4. The fraction of sp³-hybridized carbons (Fsp3) is 0.435. The van der Waals surface area contributed by atoms with Gasteiger partial charge in [-0.05, 0) is 149 Å². The number of carbonyl (C=O) groups excluding carboxylic acids is 1. The highest BCUT2D eigenvalue weighted by atomic mass is 127. The van der Waals surface area contributed by atoms with Crippen LogP contribution >= 0.6 is 45.2 Å². The quantitative estimate of drug-likeness (QED) is 0.185. The number of hydrogen-bond donors (Lipinski definition) is 0. The largest absolute Gasteiger partial charge is 0.744 e. The van der Waals surface area contributed by atoms with E-state index in [1.807, 2.05) is 12.1 Å². The second-order valence-electron chi connectivity index (χ2n) is 9.13. The summed E-state index contributed by atoms with van der Waals surface area (Å²) in [5, 5.41) is 0. The Morgan fingerprint density at radius 1 is 0.935 bits per heavy atom. The standard InChI is InChI=1S/C23H22I2O5S/c24-17-2-3-19(25)20(11-17)30-23(26)14-1-4-21(31(27,28)29)18(10-14)22-15-6-12-5-13(8-15)9-16(22)7-12/h1-4,10-13,15-16,22H,5-9H2,(H,27,28,29)/p-1. The maximum Gasteiger partial charge on any atom is 0.343 e. The second kappa shape index (κ2) is 8.25. The van der Waals surface area contributed by atoms with Crippen molar-refractivity contribution in [1.82, 2.24) is 0 Å². The van der Waals surface area contributed by atoms with Gasteiger partial charge in [0, 0.05) is 3.57 Å². The lowest BCUT2D eigenvalue weighted by Gasteiger charge is -2.55. The Balaban J connectivity index is 1.52.